The minimum absolute atomic E-state index is 0.0497. The summed E-state index contributed by atoms with van der Waals surface area (Å²) in [6.45, 7) is -0.0623. The van der Waals surface area contributed by atoms with Crippen LogP contribution in [0.1, 0.15) is 19.3 Å². The molecule has 1 fully saturated rings. The summed E-state index contributed by atoms with van der Waals surface area (Å²) in [5, 5.41) is 2.84. The molecule has 0 saturated heterocycles. The Bertz CT molecular complexity index is 922. The molecule has 2 amide bonds. The Morgan fingerprint density at radius 2 is 2.00 bits per heavy atom. The number of rotatable bonds is 4. The van der Waals surface area contributed by atoms with Crippen LogP contribution in [0.15, 0.2) is 53.5 Å². The molecule has 0 bridgehead atoms. The second kappa shape index (κ2) is 7.23. The van der Waals surface area contributed by atoms with E-state index in [9.17, 15) is 9.59 Å². The molecule has 1 saturated carbocycles. The number of aliphatic imine (C=N–C) groups is 1. The summed E-state index contributed by atoms with van der Waals surface area (Å²) in [6.07, 6.45) is 2.58. The van der Waals surface area contributed by atoms with E-state index in [1.165, 1.54) is 0 Å². The van der Waals surface area contributed by atoms with Crippen molar-refractivity contribution in [3.63, 3.8) is 0 Å². The molecule has 2 aliphatic rings. The van der Waals surface area contributed by atoms with Gasteiger partial charge in [-0.1, -0.05) is 24.3 Å². The van der Waals surface area contributed by atoms with E-state index in [0.29, 0.717) is 17.1 Å². The number of amides is 2. The van der Waals surface area contributed by atoms with E-state index < -0.39 is 0 Å². The van der Waals surface area contributed by atoms with E-state index in [0.717, 1.165) is 30.7 Å². The molecule has 138 valence electrons. The third kappa shape index (κ3) is 3.30. The van der Waals surface area contributed by atoms with Gasteiger partial charge in [-0.15, -0.1) is 0 Å². The molecule has 2 aromatic carbocycles. The Morgan fingerprint density at radius 1 is 1.22 bits per heavy atom. The number of anilines is 2. The van der Waals surface area contributed by atoms with Gasteiger partial charge >= 0.3 is 0 Å². The third-order valence-electron chi connectivity index (χ3n) is 5.01. The van der Waals surface area contributed by atoms with Crippen molar-refractivity contribution in [2.45, 2.75) is 19.3 Å². The number of benzene rings is 2. The maximum Gasteiger partial charge on any atom is 0.244 e. The first-order valence-electron chi connectivity index (χ1n) is 9.08. The Morgan fingerprint density at radius 3 is 2.85 bits per heavy atom. The predicted molar refractivity (Wildman–Crippen MR) is 105 cm³/mol. The molecule has 1 aliphatic heterocycles. The lowest BCUT2D eigenvalue weighted by Gasteiger charge is -2.24. The van der Waals surface area contributed by atoms with Crippen LogP contribution in [-0.4, -0.2) is 31.2 Å². The molecule has 1 atom stereocenters. The van der Waals surface area contributed by atoms with Crippen molar-refractivity contribution in [2.75, 3.05) is 23.9 Å². The quantitative estimate of drug-likeness (QED) is 0.903. The zero-order valence-corrected chi connectivity index (χ0v) is 15.1. The maximum atomic E-state index is 13.1. The number of methoxy groups -OCH3 is 1. The highest BCUT2D eigenvalue weighted by Gasteiger charge is 2.37. The summed E-state index contributed by atoms with van der Waals surface area (Å²) >= 11 is 0. The van der Waals surface area contributed by atoms with Crippen molar-refractivity contribution in [3.05, 3.63) is 48.5 Å². The van der Waals surface area contributed by atoms with Gasteiger partial charge in [-0.2, -0.15) is 0 Å². The number of hydrogen-bond acceptors (Lipinski definition) is 4. The number of carbonyl (C=O) groups excluding carboxylic acids is 2. The van der Waals surface area contributed by atoms with Gasteiger partial charge in [0.25, 0.3) is 0 Å². The van der Waals surface area contributed by atoms with Crippen molar-refractivity contribution in [1.29, 1.82) is 0 Å². The smallest absolute Gasteiger partial charge is 0.244 e. The molecule has 1 N–H and O–H groups in total. The van der Waals surface area contributed by atoms with Crippen LogP contribution in [0.4, 0.5) is 17.1 Å². The first kappa shape index (κ1) is 17.3. The van der Waals surface area contributed by atoms with Crippen LogP contribution >= 0.6 is 0 Å². The number of hydrogen-bond donors (Lipinski definition) is 1. The normalized spacial score (nSPS) is 18.3. The van der Waals surface area contributed by atoms with Crippen molar-refractivity contribution in [1.82, 2.24) is 0 Å². The van der Waals surface area contributed by atoms with Gasteiger partial charge in [0.2, 0.25) is 11.8 Å². The van der Waals surface area contributed by atoms with E-state index >= 15 is 0 Å². The van der Waals surface area contributed by atoms with E-state index in [2.05, 4.69) is 5.32 Å². The number of nitrogens with zero attached hydrogens (tertiary/aromatic N) is 2. The van der Waals surface area contributed by atoms with Crippen molar-refractivity contribution in [3.8, 4) is 5.75 Å². The predicted octanol–water partition coefficient (Wildman–Crippen LogP) is 3.55. The van der Waals surface area contributed by atoms with Gasteiger partial charge in [0.1, 0.15) is 12.3 Å². The molecule has 0 spiro atoms. The first-order chi connectivity index (χ1) is 13.2. The molecule has 0 unspecified atom stereocenters. The standard InChI is InChI=1S/C21H21N3O3/c1-27-19-12-5-3-9-17(19)23-20(25)13-24-18-11-4-2-8-16(18)22-15-10-6-7-14(15)21(24)26/h2-5,8-9,11-12,14H,6-7,10,13H2,1H3,(H,23,25)/t14-/m0/s1. The van der Waals surface area contributed by atoms with Gasteiger partial charge < -0.3 is 15.0 Å². The molecular formula is C21H21N3O3. The van der Waals surface area contributed by atoms with Gasteiger partial charge in [0.05, 0.1) is 30.1 Å². The monoisotopic (exact) mass is 363 g/mol. The molecule has 1 aliphatic carbocycles. The summed E-state index contributed by atoms with van der Waals surface area (Å²) in [6, 6.07) is 14.7. The molecule has 2 aromatic rings. The number of fused-ring (bicyclic) bond motifs is 2. The molecule has 27 heavy (non-hydrogen) atoms. The van der Waals surface area contributed by atoms with Crippen LogP contribution in [0.5, 0.6) is 5.75 Å². The summed E-state index contributed by atoms with van der Waals surface area (Å²) in [4.78, 5) is 32.1. The summed E-state index contributed by atoms with van der Waals surface area (Å²) in [5.41, 5.74) is 2.94. The second-order valence-corrected chi connectivity index (χ2v) is 6.71. The summed E-state index contributed by atoms with van der Waals surface area (Å²) in [7, 11) is 1.55. The Labute approximate surface area is 157 Å². The SMILES string of the molecule is COc1ccccc1NC(=O)CN1C(=O)[C@H]2CCCC2=Nc2ccccc21. The van der Waals surface area contributed by atoms with Gasteiger partial charge in [-0.05, 0) is 43.5 Å². The highest BCUT2D eigenvalue weighted by atomic mass is 16.5. The Hall–Kier alpha value is -3.15. The molecule has 6 nitrogen and oxygen atoms in total. The lowest BCUT2D eigenvalue weighted by atomic mass is 10.1. The van der Waals surface area contributed by atoms with Crippen LogP contribution in [0.2, 0.25) is 0 Å². The van der Waals surface area contributed by atoms with Gasteiger partial charge in [-0.3, -0.25) is 14.6 Å². The first-order valence-corrected chi connectivity index (χ1v) is 9.08. The van der Waals surface area contributed by atoms with Crippen LogP contribution < -0.4 is 15.0 Å². The number of ether oxygens (including phenoxy) is 1. The number of carbonyl (C=O) groups is 2. The fourth-order valence-electron chi connectivity index (χ4n) is 3.72. The number of para-hydroxylation sites is 4. The van der Waals surface area contributed by atoms with Crippen LogP contribution in [0.3, 0.4) is 0 Å². The van der Waals surface area contributed by atoms with Crippen molar-refractivity contribution >= 4 is 34.6 Å². The zero-order chi connectivity index (χ0) is 18.8. The van der Waals surface area contributed by atoms with Crippen molar-refractivity contribution in [2.24, 2.45) is 10.9 Å². The molecular weight excluding hydrogens is 342 g/mol. The lowest BCUT2D eigenvalue weighted by Crippen LogP contribution is -2.41. The maximum absolute atomic E-state index is 13.1. The van der Waals surface area contributed by atoms with Crippen molar-refractivity contribution < 1.29 is 14.3 Å². The molecule has 1 heterocycles. The van der Waals surface area contributed by atoms with E-state index in [-0.39, 0.29) is 24.3 Å². The van der Waals surface area contributed by atoms with E-state index in [1.807, 2.05) is 36.4 Å². The second-order valence-electron chi connectivity index (χ2n) is 6.71. The fraction of sp³-hybridized carbons (Fsp3) is 0.286. The van der Waals surface area contributed by atoms with Gasteiger partial charge in [0, 0.05) is 5.71 Å². The van der Waals surface area contributed by atoms with Gasteiger partial charge in [0.15, 0.2) is 0 Å². The molecule has 0 radical (unpaired) electrons. The Kier molecular flexibility index (Phi) is 4.62. The minimum Gasteiger partial charge on any atom is -0.495 e. The highest BCUT2D eigenvalue weighted by Crippen LogP contribution is 2.37. The lowest BCUT2D eigenvalue weighted by molar-refractivity contribution is -0.123. The summed E-state index contributed by atoms with van der Waals surface area (Å²) in [5.74, 6) is 0.0294. The molecule has 6 heteroatoms. The van der Waals surface area contributed by atoms with Gasteiger partial charge in [-0.25, -0.2) is 0 Å². The Balaban J connectivity index is 1.61. The largest absolute Gasteiger partial charge is 0.495 e. The zero-order valence-electron chi connectivity index (χ0n) is 15.1. The third-order valence-corrected chi connectivity index (χ3v) is 5.01. The van der Waals surface area contributed by atoms with Crippen LogP contribution in [0, 0.1) is 5.92 Å². The highest BCUT2D eigenvalue weighted by molar-refractivity contribution is 6.16. The molecule has 0 aromatic heterocycles. The number of nitrogens with one attached hydrogen (secondary N) is 1. The van der Waals surface area contributed by atoms with E-state index in [4.69, 9.17) is 9.73 Å². The average Bonchev–Trinajstić information content (AvgIpc) is 3.11. The topological polar surface area (TPSA) is 71.0 Å². The minimum atomic E-state index is -0.274. The average molecular weight is 363 g/mol. The summed E-state index contributed by atoms with van der Waals surface area (Å²) < 4.78 is 5.28. The van der Waals surface area contributed by atoms with Crippen LogP contribution in [0.25, 0.3) is 0 Å². The van der Waals surface area contributed by atoms with Crippen LogP contribution in [-0.2, 0) is 9.59 Å². The molecule has 4 rings (SSSR count). The fourth-order valence-corrected chi connectivity index (χ4v) is 3.72. The van der Waals surface area contributed by atoms with E-state index in [1.54, 1.807) is 24.1 Å².